The molecule has 3 heteroatoms. The van der Waals surface area contributed by atoms with E-state index in [9.17, 15) is 0 Å². The SMILES string of the molecule is CC(C)n1cnnc1C(C)(C)c1ccccc1. The summed E-state index contributed by atoms with van der Waals surface area (Å²) in [6.45, 7) is 8.66. The van der Waals surface area contributed by atoms with Crippen LogP contribution in [-0.2, 0) is 5.41 Å². The van der Waals surface area contributed by atoms with Crippen LogP contribution in [-0.4, -0.2) is 14.8 Å². The van der Waals surface area contributed by atoms with Gasteiger partial charge in [-0.15, -0.1) is 10.2 Å². The molecule has 1 aromatic heterocycles. The van der Waals surface area contributed by atoms with E-state index in [1.165, 1.54) is 5.56 Å². The standard InChI is InChI=1S/C14H19N3/c1-11(2)17-10-15-16-13(17)14(3,4)12-8-6-5-7-9-12/h5-11H,1-4H3. The van der Waals surface area contributed by atoms with Gasteiger partial charge in [0.25, 0.3) is 0 Å². The van der Waals surface area contributed by atoms with Gasteiger partial charge in [0.05, 0.1) is 0 Å². The van der Waals surface area contributed by atoms with Gasteiger partial charge >= 0.3 is 0 Å². The number of hydrogen-bond donors (Lipinski definition) is 0. The Labute approximate surface area is 103 Å². The van der Waals surface area contributed by atoms with Crippen molar-refractivity contribution in [2.45, 2.75) is 39.2 Å². The van der Waals surface area contributed by atoms with E-state index in [4.69, 9.17) is 0 Å². The molecule has 0 atom stereocenters. The van der Waals surface area contributed by atoms with Gasteiger partial charge in [0.15, 0.2) is 0 Å². The lowest BCUT2D eigenvalue weighted by Crippen LogP contribution is -2.25. The van der Waals surface area contributed by atoms with Crippen molar-refractivity contribution in [1.82, 2.24) is 14.8 Å². The van der Waals surface area contributed by atoms with Crippen LogP contribution in [0.2, 0.25) is 0 Å². The van der Waals surface area contributed by atoms with Gasteiger partial charge in [-0.2, -0.15) is 0 Å². The van der Waals surface area contributed by atoms with Crippen LogP contribution < -0.4 is 0 Å². The van der Waals surface area contributed by atoms with E-state index in [1.54, 1.807) is 0 Å². The Morgan fingerprint density at radius 1 is 1.12 bits per heavy atom. The van der Waals surface area contributed by atoms with Crippen LogP contribution in [0.15, 0.2) is 36.7 Å². The average Bonchev–Trinajstić information content (AvgIpc) is 2.80. The highest BCUT2D eigenvalue weighted by Gasteiger charge is 2.29. The summed E-state index contributed by atoms with van der Waals surface area (Å²) in [5.74, 6) is 1.01. The minimum atomic E-state index is -0.123. The van der Waals surface area contributed by atoms with Crippen LogP contribution in [0, 0.1) is 0 Å². The number of hydrogen-bond acceptors (Lipinski definition) is 2. The van der Waals surface area contributed by atoms with Crippen LogP contribution >= 0.6 is 0 Å². The van der Waals surface area contributed by atoms with Crippen molar-refractivity contribution in [3.8, 4) is 0 Å². The van der Waals surface area contributed by atoms with Crippen LogP contribution in [0.5, 0.6) is 0 Å². The molecule has 0 saturated heterocycles. The summed E-state index contributed by atoms with van der Waals surface area (Å²) in [5, 5.41) is 8.35. The van der Waals surface area contributed by atoms with Gasteiger partial charge in [-0.3, -0.25) is 0 Å². The summed E-state index contributed by atoms with van der Waals surface area (Å²) in [6.07, 6.45) is 1.81. The second-order valence-electron chi connectivity index (χ2n) is 5.15. The van der Waals surface area contributed by atoms with E-state index in [2.05, 4.69) is 66.7 Å². The molecule has 0 N–H and O–H groups in total. The predicted molar refractivity (Wildman–Crippen MR) is 69.0 cm³/mol. The average molecular weight is 229 g/mol. The third kappa shape index (κ3) is 2.09. The Morgan fingerprint density at radius 3 is 2.35 bits per heavy atom. The second kappa shape index (κ2) is 4.32. The lowest BCUT2D eigenvalue weighted by molar-refractivity contribution is 0.492. The molecular formula is C14H19N3. The Morgan fingerprint density at radius 2 is 1.76 bits per heavy atom. The van der Waals surface area contributed by atoms with Gasteiger partial charge < -0.3 is 4.57 Å². The maximum atomic E-state index is 4.30. The molecule has 0 radical (unpaired) electrons. The molecule has 0 unspecified atom stereocenters. The smallest absolute Gasteiger partial charge is 0.143 e. The first-order chi connectivity index (χ1) is 8.03. The zero-order chi connectivity index (χ0) is 12.5. The molecule has 0 spiro atoms. The van der Waals surface area contributed by atoms with Crippen molar-refractivity contribution in [2.24, 2.45) is 0 Å². The molecule has 17 heavy (non-hydrogen) atoms. The maximum Gasteiger partial charge on any atom is 0.143 e. The summed E-state index contributed by atoms with van der Waals surface area (Å²) >= 11 is 0. The fourth-order valence-electron chi connectivity index (χ4n) is 2.05. The van der Waals surface area contributed by atoms with Crippen LogP contribution in [0.25, 0.3) is 0 Å². The Balaban J connectivity index is 2.48. The minimum absolute atomic E-state index is 0.123. The monoisotopic (exact) mass is 229 g/mol. The normalized spacial score (nSPS) is 12.1. The molecule has 0 amide bonds. The van der Waals surface area contributed by atoms with E-state index in [0.717, 1.165) is 5.82 Å². The van der Waals surface area contributed by atoms with Crippen molar-refractivity contribution < 1.29 is 0 Å². The van der Waals surface area contributed by atoms with Crippen molar-refractivity contribution in [2.75, 3.05) is 0 Å². The number of aromatic nitrogens is 3. The highest BCUT2D eigenvalue weighted by atomic mass is 15.3. The number of nitrogens with zero attached hydrogens (tertiary/aromatic N) is 3. The Kier molecular flexibility index (Phi) is 3.01. The van der Waals surface area contributed by atoms with Crippen LogP contribution in [0.3, 0.4) is 0 Å². The van der Waals surface area contributed by atoms with E-state index in [0.29, 0.717) is 6.04 Å². The van der Waals surface area contributed by atoms with Crippen molar-refractivity contribution in [1.29, 1.82) is 0 Å². The highest BCUT2D eigenvalue weighted by molar-refractivity contribution is 5.30. The van der Waals surface area contributed by atoms with E-state index in [1.807, 2.05) is 12.4 Å². The zero-order valence-electron chi connectivity index (χ0n) is 10.9. The molecule has 0 saturated carbocycles. The van der Waals surface area contributed by atoms with Gasteiger partial charge in [0.2, 0.25) is 0 Å². The predicted octanol–water partition coefficient (Wildman–Crippen LogP) is 3.18. The highest BCUT2D eigenvalue weighted by Crippen LogP contribution is 2.30. The summed E-state index contributed by atoms with van der Waals surface area (Å²) in [4.78, 5) is 0. The fourth-order valence-corrected chi connectivity index (χ4v) is 2.05. The molecule has 0 aliphatic heterocycles. The molecule has 2 rings (SSSR count). The van der Waals surface area contributed by atoms with Crippen LogP contribution in [0.1, 0.15) is 45.1 Å². The second-order valence-corrected chi connectivity index (χ2v) is 5.15. The minimum Gasteiger partial charge on any atom is -0.314 e. The van der Waals surface area contributed by atoms with Gasteiger partial charge in [-0.1, -0.05) is 30.3 Å². The van der Waals surface area contributed by atoms with Gasteiger partial charge in [0.1, 0.15) is 12.2 Å². The summed E-state index contributed by atoms with van der Waals surface area (Å²) in [5.41, 5.74) is 1.14. The lowest BCUT2D eigenvalue weighted by Gasteiger charge is -2.26. The summed E-state index contributed by atoms with van der Waals surface area (Å²) in [6, 6.07) is 10.8. The first-order valence-corrected chi connectivity index (χ1v) is 5.99. The molecule has 1 heterocycles. The molecular weight excluding hydrogens is 210 g/mol. The lowest BCUT2D eigenvalue weighted by atomic mass is 9.83. The van der Waals surface area contributed by atoms with Gasteiger partial charge in [0, 0.05) is 11.5 Å². The third-order valence-electron chi connectivity index (χ3n) is 3.18. The quantitative estimate of drug-likeness (QED) is 0.809. The van der Waals surface area contributed by atoms with Crippen molar-refractivity contribution in [3.05, 3.63) is 48.0 Å². The zero-order valence-corrected chi connectivity index (χ0v) is 10.9. The first kappa shape index (κ1) is 11.8. The molecule has 1 aromatic carbocycles. The fraction of sp³-hybridized carbons (Fsp3) is 0.429. The Bertz CT molecular complexity index is 483. The van der Waals surface area contributed by atoms with E-state index in [-0.39, 0.29) is 5.41 Å². The van der Waals surface area contributed by atoms with Crippen LogP contribution in [0.4, 0.5) is 0 Å². The number of rotatable bonds is 3. The molecule has 0 fully saturated rings. The van der Waals surface area contributed by atoms with E-state index >= 15 is 0 Å². The molecule has 0 bridgehead atoms. The molecule has 0 aliphatic rings. The molecule has 3 nitrogen and oxygen atoms in total. The summed E-state index contributed by atoms with van der Waals surface area (Å²) in [7, 11) is 0. The van der Waals surface area contributed by atoms with Gasteiger partial charge in [-0.25, -0.2) is 0 Å². The molecule has 2 aromatic rings. The molecule has 90 valence electrons. The van der Waals surface area contributed by atoms with Crippen molar-refractivity contribution >= 4 is 0 Å². The third-order valence-corrected chi connectivity index (χ3v) is 3.18. The van der Waals surface area contributed by atoms with Crippen molar-refractivity contribution in [3.63, 3.8) is 0 Å². The first-order valence-electron chi connectivity index (χ1n) is 5.99. The largest absolute Gasteiger partial charge is 0.314 e. The van der Waals surface area contributed by atoms with E-state index < -0.39 is 0 Å². The summed E-state index contributed by atoms with van der Waals surface area (Å²) < 4.78 is 2.13. The van der Waals surface area contributed by atoms with Gasteiger partial charge in [-0.05, 0) is 33.3 Å². The maximum absolute atomic E-state index is 4.30. The number of benzene rings is 1. The molecule has 0 aliphatic carbocycles. The topological polar surface area (TPSA) is 30.7 Å². The Hall–Kier alpha value is -1.64.